The molecule has 2 aromatic rings. The van der Waals surface area contributed by atoms with E-state index in [4.69, 9.17) is 0 Å². The van der Waals surface area contributed by atoms with Gasteiger partial charge in [0, 0.05) is 51.2 Å². The Hall–Kier alpha value is -1.80. The number of anilines is 1. The number of H-pyrrole nitrogens is 1. The molecule has 0 amide bonds. The minimum absolute atomic E-state index is 0.0463. The van der Waals surface area contributed by atoms with E-state index in [9.17, 15) is 21.6 Å². The number of aromatic nitrogens is 2. The molecule has 1 saturated heterocycles. The lowest BCUT2D eigenvalue weighted by atomic mass is 10.3. The van der Waals surface area contributed by atoms with Crippen LogP contribution < -0.4 is 9.77 Å². The summed E-state index contributed by atoms with van der Waals surface area (Å²) in [5.74, 6) is 0.591. The van der Waals surface area contributed by atoms with Gasteiger partial charge in [0.2, 0.25) is 10.0 Å². The number of sulfonamides is 2. The molecule has 0 atom stereocenters. The van der Waals surface area contributed by atoms with E-state index in [1.54, 1.807) is 26.8 Å². The lowest BCUT2D eigenvalue weighted by Gasteiger charge is -2.34. The van der Waals surface area contributed by atoms with Crippen LogP contribution in [-0.2, 0) is 20.0 Å². The second-order valence-corrected chi connectivity index (χ2v) is 11.8. The van der Waals surface area contributed by atoms with Crippen LogP contribution in [0.15, 0.2) is 32.2 Å². The normalized spacial score (nSPS) is 16.3. The van der Waals surface area contributed by atoms with Gasteiger partial charge in [0.15, 0.2) is 4.21 Å². The molecule has 3 heterocycles. The number of nitrogens with zero attached hydrogens (tertiary/aromatic N) is 4. The molecule has 10 nitrogen and oxygen atoms in total. The molecule has 1 N–H and O–H groups in total. The van der Waals surface area contributed by atoms with E-state index in [1.165, 1.54) is 20.9 Å². The summed E-state index contributed by atoms with van der Waals surface area (Å²) in [6, 6.07) is 3.17. The van der Waals surface area contributed by atoms with Crippen molar-refractivity contribution in [2.24, 2.45) is 0 Å². The van der Waals surface area contributed by atoms with Crippen molar-refractivity contribution in [2.45, 2.75) is 29.9 Å². The van der Waals surface area contributed by atoms with E-state index in [0.717, 1.165) is 0 Å². The Labute approximate surface area is 180 Å². The number of thiazole rings is 1. The number of pyridine rings is 1. The standard InChI is InChI=1S/C17H25N5O5S3/c1-4-21(5-2)29(24,25)14-6-7-15(18-12-14)20-8-10-22(11-9-20)30(26,27)16-13(3)19-17(23)28-16/h6-7,12H,4-5,8-11H2,1-3H3,(H,19,23). The van der Waals surface area contributed by atoms with Gasteiger partial charge in [0.25, 0.3) is 10.0 Å². The van der Waals surface area contributed by atoms with Crippen LogP contribution in [0.4, 0.5) is 5.82 Å². The number of hydrogen-bond acceptors (Lipinski definition) is 8. The third-order valence-corrected chi connectivity index (χ3v) is 10.5. The largest absolute Gasteiger partial charge is 0.354 e. The fraction of sp³-hybridized carbons (Fsp3) is 0.529. The van der Waals surface area contributed by atoms with Crippen LogP contribution in [0.25, 0.3) is 0 Å². The molecule has 1 aliphatic heterocycles. The summed E-state index contributed by atoms with van der Waals surface area (Å²) in [6.07, 6.45) is 1.34. The molecular formula is C17H25N5O5S3. The van der Waals surface area contributed by atoms with Crippen molar-refractivity contribution in [2.75, 3.05) is 44.2 Å². The zero-order valence-corrected chi connectivity index (χ0v) is 19.5. The topological polar surface area (TPSA) is 124 Å². The van der Waals surface area contributed by atoms with Crippen molar-refractivity contribution >= 4 is 37.2 Å². The molecule has 0 saturated carbocycles. The van der Waals surface area contributed by atoms with E-state index in [-0.39, 0.29) is 22.2 Å². The van der Waals surface area contributed by atoms with E-state index in [0.29, 0.717) is 49.0 Å². The fourth-order valence-electron chi connectivity index (χ4n) is 3.34. The van der Waals surface area contributed by atoms with E-state index >= 15 is 0 Å². The quantitative estimate of drug-likeness (QED) is 0.624. The van der Waals surface area contributed by atoms with Crippen molar-refractivity contribution in [3.05, 3.63) is 33.7 Å². The van der Waals surface area contributed by atoms with Crippen LogP contribution in [0.2, 0.25) is 0 Å². The van der Waals surface area contributed by atoms with Gasteiger partial charge >= 0.3 is 4.87 Å². The second-order valence-electron chi connectivity index (χ2n) is 6.76. The number of rotatable bonds is 7. The van der Waals surface area contributed by atoms with Crippen LogP contribution in [0, 0.1) is 6.92 Å². The predicted molar refractivity (Wildman–Crippen MR) is 115 cm³/mol. The smallest absolute Gasteiger partial charge is 0.305 e. The number of nitrogens with one attached hydrogen (secondary N) is 1. The summed E-state index contributed by atoms with van der Waals surface area (Å²) in [4.78, 5) is 19.9. The van der Waals surface area contributed by atoms with Crippen LogP contribution in [0.3, 0.4) is 0 Å². The molecule has 0 radical (unpaired) electrons. The molecule has 2 aromatic heterocycles. The summed E-state index contributed by atoms with van der Waals surface area (Å²) in [6.45, 7) is 7.20. The highest BCUT2D eigenvalue weighted by atomic mass is 32.2. The maximum Gasteiger partial charge on any atom is 0.305 e. The van der Waals surface area contributed by atoms with E-state index < -0.39 is 24.9 Å². The Balaban J connectivity index is 1.71. The molecule has 0 unspecified atom stereocenters. The Morgan fingerprint density at radius 1 is 1.10 bits per heavy atom. The number of piperazine rings is 1. The highest BCUT2D eigenvalue weighted by Crippen LogP contribution is 2.24. The molecule has 30 heavy (non-hydrogen) atoms. The number of aromatic amines is 1. The van der Waals surface area contributed by atoms with E-state index in [2.05, 4.69) is 9.97 Å². The minimum Gasteiger partial charge on any atom is -0.354 e. The molecule has 0 bridgehead atoms. The maximum atomic E-state index is 12.8. The van der Waals surface area contributed by atoms with Crippen molar-refractivity contribution in [3.63, 3.8) is 0 Å². The van der Waals surface area contributed by atoms with Crippen LogP contribution in [0.1, 0.15) is 19.5 Å². The van der Waals surface area contributed by atoms with Crippen molar-refractivity contribution in [1.29, 1.82) is 0 Å². The molecular weight excluding hydrogens is 450 g/mol. The molecule has 13 heteroatoms. The first-order valence-electron chi connectivity index (χ1n) is 9.52. The Morgan fingerprint density at radius 3 is 2.20 bits per heavy atom. The summed E-state index contributed by atoms with van der Waals surface area (Å²) >= 11 is 0.694. The van der Waals surface area contributed by atoms with E-state index in [1.807, 2.05) is 4.90 Å². The molecule has 1 fully saturated rings. The van der Waals surface area contributed by atoms with Crippen LogP contribution in [0.5, 0.6) is 0 Å². The van der Waals surface area contributed by atoms with Gasteiger partial charge in [-0.1, -0.05) is 25.2 Å². The highest BCUT2D eigenvalue weighted by molar-refractivity contribution is 7.91. The van der Waals surface area contributed by atoms with Gasteiger partial charge in [0.05, 0.1) is 0 Å². The van der Waals surface area contributed by atoms with Crippen molar-refractivity contribution < 1.29 is 16.8 Å². The maximum absolute atomic E-state index is 12.8. The summed E-state index contributed by atoms with van der Waals surface area (Å²) < 4.78 is 53.5. The van der Waals surface area contributed by atoms with Gasteiger partial charge in [-0.15, -0.1) is 0 Å². The van der Waals surface area contributed by atoms with Crippen LogP contribution >= 0.6 is 11.3 Å². The van der Waals surface area contributed by atoms with Gasteiger partial charge in [-0.3, -0.25) is 4.79 Å². The zero-order valence-electron chi connectivity index (χ0n) is 17.0. The zero-order chi connectivity index (χ0) is 22.1. The average molecular weight is 476 g/mol. The molecule has 166 valence electrons. The lowest BCUT2D eigenvalue weighted by molar-refractivity contribution is 0.384. The van der Waals surface area contributed by atoms with Gasteiger partial charge in [-0.25, -0.2) is 21.8 Å². The minimum atomic E-state index is -3.73. The third kappa shape index (κ3) is 4.30. The van der Waals surface area contributed by atoms with Gasteiger partial charge < -0.3 is 9.88 Å². The summed E-state index contributed by atoms with van der Waals surface area (Å²) in [5.41, 5.74) is 0.346. The molecule has 0 aromatic carbocycles. The van der Waals surface area contributed by atoms with Crippen LogP contribution in [-0.4, -0.2) is 74.7 Å². The fourth-order valence-corrected chi connectivity index (χ4v) is 7.60. The average Bonchev–Trinajstić information content (AvgIpc) is 3.08. The molecule has 3 rings (SSSR count). The Morgan fingerprint density at radius 2 is 1.73 bits per heavy atom. The van der Waals surface area contributed by atoms with Crippen molar-refractivity contribution in [3.8, 4) is 0 Å². The predicted octanol–water partition coefficient (Wildman–Crippen LogP) is 0.681. The number of hydrogen-bond donors (Lipinski definition) is 1. The Kier molecular flexibility index (Phi) is 6.67. The summed E-state index contributed by atoms with van der Waals surface area (Å²) in [5, 5.41) is 0. The first-order chi connectivity index (χ1) is 14.1. The Bertz CT molecular complexity index is 1140. The third-order valence-electron chi connectivity index (χ3n) is 4.98. The summed E-state index contributed by atoms with van der Waals surface area (Å²) in [7, 11) is -7.30. The second kappa shape index (κ2) is 8.75. The lowest BCUT2D eigenvalue weighted by Crippen LogP contribution is -2.48. The van der Waals surface area contributed by atoms with Gasteiger partial charge in [-0.05, 0) is 19.1 Å². The highest BCUT2D eigenvalue weighted by Gasteiger charge is 2.32. The molecule has 0 spiro atoms. The molecule has 1 aliphatic rings. The van der Waals surface area contributed by atoms with Gasteiger partial charge in [-0.2, -0.15) is 8.61 Å². The monoisotopic (exact) mass is 475 g/mol. The van der Waals surface area contributed by atoms with Crippen molar-refractivity contribution in [1.82, 2.24) is 18.6 Å². The van der Waals surface area contributed by atoms with Gasteiger partial charge in [0.1, 0.15) is 10.7 Å². The first kappa shape index (κ1) is 22.9. The molecule has 0 aliphatic carbocycles. The number of aryl methyl sites for hydroxylation is 1. The first-order valence-corrected chi connectivity index (χ1v) is 13.2. The SMILES string of the molecule is CCN(CC)S(=O)(=O)c1ccc(N2CCN(S(=O)(=O)c3sc(=O)[nH]c3C)CC2)nc1.